The summed E-state index contributed by atoms with van der Waals surface area (Å²) >= 11 is 1.43. The first kappa shape index (κ1) is 72.2. The van der Waals surface area contributed by atoms with Crippen LogP contribution in [0.3, 0.4) is 0 Å². The molecule has 0 aromatic carbocycles. The first-order valence-corrected chi connectivity index (χ1v) is 35.4. The van der Waals surface area contributed by atoms with Gasteiger partial charge in [0.15, 0.2) is 23.1 Å². The van der Waals surface area contributed by atoms with Crippen LogP contribution in [-0.2, 0) is 64.5 Å². The van der Waals surface area contributed by atoms with E-state index < -0.39 is 69.0 Å². The molecule has 5 aliphatic heterocycles. The third-order valence-electron chi connectivity index (χ3n) is 21.1. The van der Waals surface area contributed by atoms with Gasteiger partial charge < -0.3 is 20.6 Å². The van der Waals surface area contributed by atoms with Crippen molar-refractivity contribution in [1.29, 1.82) is 0 Å². The SMILES string of the molecule is C=CCCC(=O)C(=O)[C@@H]1CCCCCCCCC[C@H](CC(=O)C[C@H](CN2Cc3sccc3S2(=O)=O)C(C)(C)C)C(=O)N2C[C@H]3[C@@H]([C@H]2C(=O)C1)C3(C)C.C=CCCC(=O)C(=O)[C@@H]1CCCCCCCCC[C@H](N)C(=O)N2C[C@H]3[C@@H]([C@H]2C(=O)C1)C3(C)C.O=CO. The molecule has 0 spiro atoms. The van der Waals surface area contributed by atoms with Crippen LogP contribution in [0.4, 0.5) is 0 Å². The Morgan fingerprint density at radius 2 is 1.11 bits per heavy atom. The minimum absolute atomic E-state index is 0.0117. The zero-order chi connectivity index (χ0) is 64.9. The number of amides is 2. The lowest BCUT2D eigenvalue weighted by Gasteiger charge is -2.35. The number of nitrogens with zero attached hydrogens (tertiary/aromatic N) is 3. The second-order valence-electron chi connectivity index (χ2n) is 28.8. The van der Waals surface area contributed by atoms with Gasteiger partial charge >= 0.3 is 0 Å². The monoisotopic (exact) mass is 1260 g/mol. The number of Topliss-reactive ketones (excluding diaryl/α,β-unsaturated/α-hetero) is 7. The molecule has 2 amide bonds. The standard InChI is InChI=1S/C41H60N2O7S2.C27H42N2O4.CH2O2/c1-7-8-18-32(45)38(47)27-16-14-12-10-9-11-13-15-17-28(39(48)43-25-31-36(41(31,5)6)37(43)33(46)22-27)21-30(44)23-29(40(2,3)4)24-42-26-34-35(19-20-51-34)52(42,49)50;1-4-5-15-21(30)25(32)18-13-11-9-7-6-8-10-12-14-20(28)26(33)29-17-19-23(27(19,2)3)24(29)22(31)16-18;2-1-3/h7,19-20,27-29,31,36-37H,1,8-18,21-26H2,2-6H3;4,18-20,23-24H,1,5-17,28H2,2-3H3;1H,(H,2,3)/t27-,28-,29-,31+,36+,37-;18-,19+,20+,23+,24-;/m11./s1. The molecule has 2 saturated carbocycles. The maximum atomic E-state index is 14.6. The van der Waals surface area contributed by atoms with Crippen LogP contribution < -0.4 is 5.73 Å². The molecule has 8 rings (SSSR count). The smallest absolute Gasteiger partial charge is 0.290 e. The molecule has 0 unspecified atom stereocenters. The molecule has 1 aromatic rings. The van der Waals surface area contributed by atoms with Crippen molar-refractivity contribution in [3.8, 4) is 0 Å². The molecule has 0 bridgehead atoms. The van der Waals surface area contributed by atoms with Crippen molar-refractivity contribution >= 4 is 80.1 Å². The number of hydrogen-bond acceptors (Lipinski definition) is 14. The fourth-order valence-corrected chi connectivity index (χ4v) is 18.2. The maximum absolute atomic E-state index is 14.6. The molecule has 19 heteroatoms. The number of rotatable bonds is 16. The maximum Gasteiger partial charge on any atom is 0.290 e. The van der Waals surface area contributed by atoms with E-state index in [1.807, 2.05) is 20.8 Å². The van der Waals surface area contributed by atoms with Gasteiger partial charge in [-0.05, 0) is 95.8 Å². The zero-order valence-electron chi connectivity index (χ0n) is 53.9. The number of allylic oxidation sites excluding steroid dienone is 2. The average molecular weight is 1260 g/mol. The van der Waals surface area contributed by atoms with Gasteiger partial charge in [0, 0.05) is 87.3 Å². The third kappa shape index (κ3) is 17.8. The molecule has 17 nitrogen and oxygen atoms in total. The van der Waals surface area contributed by atoms with E-state index in [1.165, 1.54) is 15.6 Å². The van der Waals surface area contributed by atoms with Crippen molar-refractivity contribution < 1.29 is 61.5 Å². The lowest BCUT2D eigenvalue weighted by atomic mass is 9.76. The van der Waals surface area contributed by atoms with Gasteiger partial charge in [0.2, 0.25) is 33.4 Å². The Balaban J connectivity index is 0.000000294. The second kappa shape index (κ2) is 31.9. The number of nitrogens with two attached hydrogens (primary N) is 1. The minimum atomic E-state index is -3.61. The molecule has 6 fully saturated rings. The number of fused-ring (bicyclic) bond motifs is 7. The van der Waals surface area contributed by atoms with E-state index in [-0.39, 0.29) is 121 Å². The molecule has 4 saturated heterocycles. The van der Waals surface area contributed by atoms with E-state index in [0.29, 0.717) is 69.0 Å². The van der Waals surface area contributed by atoms with Gasteiger partial charge in [0.25, 0.3) is 6.47 Å². The highest BCUT2D eigenvalue weighted by atomic mass is 32.2. The van der Waals surface area contributed by atoms with Crippen LogP contribution in [0.5, 0.6) is 0 Å². The Hall–Kier alpha value is -4.85. The summed E-state index contributed by atoms with van der Waals surface area (Å²) in [5, 5.41) is 8.68. The molecule has 7 aliphatic rings. The van der Waals surface area contributed by atoms with E-state index in [9.17, 15) is 51.6 Å². The molecule has 1 aromatic heterocycles. The Bertz CT molecular complexity index is 2810. The first-order valence-electron chi connectivity index (χ1n) is 33.0. The molecule has 0 radical (unpaired) electrons. The average Bonchev–Trinajstić information content (AvgIpc) is 1.55. The fourth-order valence-electron chi connectivity index (χ4n) is 15.2. The van der Waals surface area contributed by atoms with Crippen molar-refractivity contribution in [2.24, 2.45) is 69.3 Å². The lowest BCUT2D eigenvalue weighted by Crippen LogP contribution is -2.52. The summed E-state index contributed by atoms with van der Waals surface area (Å²) in [5.74, 6) is -3.86. The number of carbonyl (C=O) groups is 10. The van der Waals surface area contributed by atoms with E-state index in [1.54, 1.807) is 33.4 Å². The predicted octanol–water partition coefficient (Wildman–Crippen LogP) is 11.3. The van der Waals surface area contributed by atoms with Crippen LogP contribution in [0.25, 0.3) is 0 Å². The van der Waals surface area contributed by atoms with Gasteiger partial charge in [-0.25, -0.2) is 8.42 Å². The quantitative estimate of drug-likeness (QED) is 0.0886. The predicted molar refractivity (Wildman–Crippen MR) is 340 cm³/mol. The first-order chi connectivity index (χ1) is 41.6. The van der Waals surface area contributed by atoms with E-state index in [0.717, 1.165) is 94.8 Å². The molecular formula is C69H104N4O13S2. The van der Waals surface area contributed by atoms with E-state index in [4.69, 9.17) is 15.6 Å². The second-order valence-corrected chi connectivity index (χ2v) is 31.7. The summed E-state index contributed by atoms with van der Waals surface area (Å²) in [4.78, 5) is 134. The molecular weight excluding hydrogens is 1160 g/mol. The van der Waals surface area contributed by atoms with Gasteiger partial charge in [-0.1, -0.05) is 151 Å². The largest absolute Gasteiger partial charge is 0.483 e. The fraction of sp³-hybridized carbons (Fsp3) is 0.739. The molecule has 3 N–H and O–H groups in total. The highest BCUT2D eigenvalue weighted by Crippen LogP contribution is 2.66. The number of hydrogen-bond donors (Lipinski definition) is 2. The number of sulfonamides is 1. The Labute approximate surface area is 528 Å². The molecule has 6 heterocycles. The van der Waals surface area contributed by atoms with Gasteiger partial charge in [-0.3, -0.25) is 47.9 Å². The third-order valence-corrected chi connectivity index (χ3v) is 24.0. The van der Waals surface area contributed by atoms with Crippen LogP contribution in [0.15, 0.2) is 41.7 Å². The van der Waals surface area contributed by atoms with Gasteiger partial charge in [0.1, 0.15) is 5.78 Å². The van der Waals surface area contributed by atoms with Crippen LogP contribution in [0, 0.1) is 63.6 Å². The van der Waals surface area contributed by atoms with Gasteiger partial charge in [-0.2, -0.15) is 4.31 Å². The van der Waals surface area contributed by atoms with Crippen LogP contribution >= 0.6 is 11.3 Å². The number of thiophene rings is 1. The minimum Gasteiger partial charge on any atom is -0.483 e. The molecule has 88 heavy (non-hydrogen) atoms. The summed E-state index contributed by atoms with van der Waals surface area (Å²) in [6, 6.07) is -0.111. The van der Waals surface area contributed by atoms with Crippen LogP contribution in [0.1, 0.15) is 220 Å². The molecule has 11 atom stereocenters. The van der Waals surface area contributed by atoms with Crippen molar-refractivity contribution in [2.75, 3.05) is 19.6 Å². The summed E-state index contributed by atoms with van der Waals surface area (Å²) in [5.41, 5.74) is 5.82. The topological polar surface area (TPSA) is 261 Å². The molecule has 490 valence electrons. The van der Waals surface area contributed by atoms with Crippen LogP contribution in [-0.4, -0.2) is 124 Å². The Morgan fingerprint density at radius 1 is 0.693 bits per heavy atom. The van der Waals surface area contributed by atoms with Gasteiger partial charge in [-0.15, -0.1) is 24.5 Å². The lowest BCUT2D eigenvalue weighted by molar-refractivity contribution is -0.145. The van der Waals surface area contributed by atoms with Crippen LogP contribution in [0.2, 0.25) is 0 Å². The highest BCUT2D eigenvalue weighted by Gasteiger charge is 2.70. The van der Waals surface area contributed by atoms with Crippen molar-refractivity contribution in [2.45, 2.75) is 245 Å². The summed E-state index contributed by atoms with van der Waals surface area (Å²) in [6.07, 6.45) is 20.5. The normalized spacial score (nSPS) is 29.6. The van der Waals surface area contributed by atoms with Crippen molar-refractivity contribution in [3.05, 3.63) is 41.6 Å². The summed E-state index contributed by atoms with van der Waals surface area (Å²) < 4.78 is 28.1. The summed E-state index contributed by atoms with van der Waals surface area (Å²) in [7, 11) is -3.61. The Morgan fingerprint density at radius 3 is 1.55 bits per heavy atom. The van der Waals surface area contributed by atoms with Gasteiger partial charge in [0.05, 0.1) is 23.0 Å². The summed E-state index contributed by atoms with van der Waals surface area (Å²) in [6.45, 7) is 23.3. The zero-order valence-corrected chi connectivity index (χ0v) is 55.6. The Kier molecular flexibility index (Phi) is 26.2. The number of ketones is 7. The number of carboxylic acid groups (broad SMARTS) is 1. The van der Waals surface area contributed by atoms with Crippen molar-refractivity contribution in [1.82, 2.24) is 14.1 Å². The molecule has 2 aliphatic carbocycles. The highest BCUT2D eigenvalue weighted by molar-refractivity contribution is 7.89. The number of piperidine rings is 2. The number of carbonyl (C=O) groups excluding carboxylic acids is 9. The van der Waals surface area contributed by atoms with E-state index >= 15 is 0 Å². The van der Waals surface area contributed by atoms with Crippen molar-refractivity contribution in [3.63, 3.8) is 0 Å². The van der Waals surface area contributed by atoms with E-state index in [2.05, 4.69) is 40.9 Å².